The Bertz CT molecular complexity index is 456. The first kappa shape index (κ1) is 11.0. The highest BCUT2D eigenvalue weighted by Crippen LogP contribution is 2.23. The number of hydrogen-bond acceptors (Lipinski definition) is 2. The summed E-state index contributed by atoms with van der Waals surface area (Å²) in [5.74, 6) is 0.441. The molecule has 0 saturated heterocycles. The third kappa shape index (κ3) is 2.34. The van der Waals surface area contributed by atoms with Crippen LogP contribution >= 0.6 is 11.6 Å². The van der Waals surface area contributed by atoms with Crippen molar-refractivity contribution in [3.05, 3.63) is 54.4 Å². The van der Waals surface area contributed by atoms with E-state index in [0.29, 0.717) is 5.88 Å². The molecule has 0 N–H and O–H groups in total. The lowest BCUT2D eigenvalue weighted by atomic mass is 10.2. The highest BCUT2D eigenvalue weighted by Gasteiger charge is 2.03. The molecular weight excluding hydrogens is 220 g/mol. The topological polar surface area (TPSA) is 16.1 Å². The van der Waals surface area contributed by atoms with Crippen LogP contribution in [0.3, 0.4) is 0 Å². The summed E-state index contributed by atoms with van der Waals surface area (Å²) in [7, 11) is 2.03. The molecule has 0 fully saturated rings. The predicted octanol–water partition coefficient (Wildman–Crippen LogP) is 3.59. The van der Waals surface area contributed by atoms with E-state index >= 15 is 0 Å². The Balaban J connectivity index is 2.30. The average Bonchev–Trinajstić information content (AvgIpc) is 2.39. The molecule has 2 aromatic rings. The summed E-state index contributed by atoms with van der Waals surface area (Å²) < 4.78 is 0. The van der Waals surface area contributed by atoms with Gasteiger partial charge >= 0.3 is 0 Å². The summed E-state index contributed by atoms with van der Waals surface area (Å²) in [6.07, 6.45) is 1.78. The quantitative estimate of drug-likeness (QED) is 0.752. The molecule has 0 spiro atoms. The van der Waals surface area contributed by atoms with Gasteiger partial charge in [0.2, 0.25) is 0 Å². The fraction of sp³-hybridized carbons (Fsp3) is 0.154. The Kier molecular flexibility index (Phi) is 3.42. The average molecular weight is 233 g/mol. The molecule has 1 aromatic heterocycles. The Morgan fingerprint density at radius 2 is 1.88 bits per heavy atom. The molecule has 16 heavy (non-hydrogen) atoms. The normalized spacial score (nSPS) is 10.1. The SMILES string of the molecule is CN(c1ccccc1)c1ccnc(CCl)c1. The molecule has 0 saturated carbocycles. The lowest BCUT2D eigenvalue weighted by Crippen LogP contribution is -2.09. The highest BCUT2D eigenvalue weighted by molar-refractivity contribution is 6.16. The smallest absolute Gasteiger partial charge is 0.0648 e. The van der Waals surface area contributed by atoms with Crippen LogP contribution in [0.25, 0.3) is 0 Å². The molecular formula is C13H13ClN2. The molecule has 1 aromatic carbocycles. The zero-order valence-corrected chi connectivity index (χ0v) is 9.85. The monoisotopic (exact) mass is 232 g/mol. The third-order valence-electron chi connectivity index (χ3n) is 2.47. The molecule has 2 rings (SSSR count). The number of halogens is 1. The van der Waals surface area contributed by atoms with E-state index in [1.807, 2.05) is 37.4 Å². The van der Waals surface area contributed by atoms with Crippen LogP contribution in [0, 0.1) is 0 Å². The van der Waals surface area contributed by atoms with Gasteiger partial charge < -0.3 is 4.90 Å². The molecule has 82 valence electrons. The van der Waals surface area contributed by atoms with Crippen LogP contribution in [0.4, 0.5) is 11.4 Å². The summed E-state index contributed by atoms with van der Waals surface area (Å²) in [6.45, 7) is 0. The van der Waals surface area contributed by atoms with Crippen LogP contribution in [0.15, 0.2) is 48.7 Å². The first-order valence-electron chi connectivity index (χ1n) is 5.11. The molecule has 3 heteroatoms. The molecule has 0 unspecified atom stereocenters. The molecule has 0 radical (unpaired) electrons. The van der Waals surface area contributed by atoms with Crippen LogP contribution in [-0.2, 0) is 5.88 Å². The number of benzene rings is 1. The van der Waals surface area contributed by atoms with Gasteiger partial charge in [0.25, 0.3) is 0 Å². The Morgan fingerprint density at radius 1 is 1.12 bits per heavy atom. The van der Waals surface area contributed by atoms with Crippen molar-refractivity contribution in [2.75, 3.05) is 11.9 Å². The van der Waals surface area contributed by atoms with Crippen molar-refractivity contribution < 1.29 is 0 Å². The Hall–Kier alpha value is -1.54. The van der Waals surface area contributed by atoms with Crippen molar-refractivity contribution in [1.29, 1.82) is 0 Å². The van der Waals surface area contributed by atoms with Gasteiger partial charge in [-0.15, -0.1) is 11.6 Å². The zero-order valence-electron chi connectivity index (χ0n) is 9.10. The van der Waals surface area contributed by atoms with Gasteiger partial charge in [0.05, 0.1) is 11.6 Å². The molecule has 0 aliphatic rings. The third-order valence-corrected chi connectivity index (χ3v) is 2.74. The predicted molar refractivity (Wildman–Crippen MR) is 68.3 cm³/mol. The van der Waals surface area contributed by atoms with Gasteiger partial charge in [-0.3, -0.25) is 4.98 Å². The van der Waals surface area contributed by atoms with E-state index in [9.17, 15) is 0 Å². The number of para-hydroxylation sites is 1. The first-order valence-corrected chi connectivity index (χ1v) is 5.64. The number of pyridine rings is 1. The van der Waals surface area contributed by atoms with Gasteiger partial charge in [0.15, 0.2) is 0 Å². The van der Waals surface area contributed by atoms with Crippen LogP contribution in [0.1, 0.15) is 5.69 Å². The van der Waals surface area contributed by atoms with Crippen molar-refractivity contribution in [1.82, 2.24) is 4.98 Å². The van der Waals surface area contributed by atoms with E-state index in [-0.39, 0.29) is 0 Å². The van der Waals surface area contributed by atoms with Crippen molar-refractivity contribution in [2.45, 2.75) is 5.88 Å². The van der Waals surface area contributed by atoms with Crippen LogP contribution in [0.5, 0.6) is 0 Å². The van der Waals surface area contributed by atoms with Crippen LogP contribution < -0.4 is 4.90 Å². The lowest BCUT2D eigenvalue weighted by molar-refractivity contribution is 1.13. The van der Waals surface area contributed by atoms with Crippen molar-refractivity contribution >= 4 is 23.0 Å². The Labute approximate surface area is 101 Å². The standard InChI is InChI=1S/C13H13ClN2/c1-16(12-5-3-2-4-6-12)13-7-8-15-11(9-13)10-14/h2-9H,10H2,1H3. The summed E-state index contributed by atoms with van der Waals surface area (Å²) in [5.41, 5.74) is 3.13. The minimum atomic E-state index is 0.441. The summed E-state index contributed by atoms with van der Waals surface area (Å²) in [4.78, 5) is 6.28. The van der Waals surface area contributed by atoms with E-state index in [4.69, 9.17) is 11.6 Å². The molecule has 0 atom stereocenters. The number of hydrogen-bond donors (Lipinski definition) is 0. The maximum absolute atomic E-state index is 5.77. The molecule has 0 amide bonds. The first-order chi connectivity index (χ1) is 7.81. The van der Waals surface area contributed by atoms with Gasteiger partial charge in [-0.2, -0.15) is 0 Å². The maximum Gasteiger partial charge on any atom is 0.0648 e. The van der Waals surface area contributed by atoms with Gasteiger partial charge in [-0.05, 0) is 24.3 Å². The van der Waals surface area contributed by atoms with E-state index in [0.717, 1.165) is 17.1 Å². The molecule has 0 aliphatic heterocycles. The van der Waals surface area contributed by atoms with E-state index < -0.39 is 0 Å². The van der Waals surface area contributed by atoms with E-state index in [2.05, 4.69) is 22.0 Å². The molecule has 1 heterocycles. The van der Waals surface area contributed by atoms with Gasteiger partial charge in [0.1, 0.15) is 0 Å². The van der Waals surface area contributed by atoms with E-state index in [1.165, 1.54) is 0 Å². The second kappa shape index (κ2) is 4.99. The fourth-order valence-corrected chi connectivity index (χ4v) is 1.69. The van der Waals surface area contributed by atoms with Crippen LogP contribution in [-0.4, -0.2) is 12.0 Å². The van der Waals surface area contributed by atoms with Gasteiger partial charge in [0, 0.05) is 24.6 Å². The van der Waals surface area contributed by atoms with Crippen molar-refractivity contribution in [3.8, 4) is 0 Å². The number of aromatic nitrogens is 1. The highest BCUT2D eigenvalue weighted by atomic mass is 35.5. The van der Waals surface area contributed by atoms with Crippen molar-refractivity contribution in [3.63, 3.8) is 0 Å². The van der Waals surface area contributed by atoms with Crippen LogP contribution in [0.2, 0.25) is 0 Å². The Morgan fingerprint density at radius 3 is 2.56 bits per heavy atom. The summed E-state index contributed by atoms with van der Waals surface area (Å²) in [6, 6.07) is 14.2. The second-order valence-corrected chi connectivity index (χ2v) is 3.80. The largest absolute Gasteiger partial charge is 0.345 e. The maximum atomic E-state index is 5.77. The number of rotatable bonds is 3. The number of alkyl halides is 1. The minimum absolute atomic E-state index is 0.441. The minimum Gasteiger partial charge on any atom is -0.345 e. The lowest BCUT2D eigenvalue weighted by Gasteiger charge is -2.19. The summed E-state index contributed by atoms with van der Waals surface area (Å²) >= 11 is 5.77. The number of nitrogens with zero attached hydrogens (tertiary/aromatic N) is 2. The van der Waals surface area contributed by atoms with E-state index in [1.54, 1.807) is 6.20 Å². The summed E-state index contributed by atoms with van der Waals surface area (Å²) in [5, 5.41) is 0. The van der Waals surface area contributed by atoms with Gasteiger partial charge in [-0.25, -0.2) is 0 Å². The molecule has 2 nitrogen and oxygen atoms in total. The molecule has 0 bridgehead atoms. The second-order valence-electron chi connectivity index (χ2n) is 3.53. The fourth-order valence-electron chi connectivity index (χ4n) is 1.55. The zero-order chi connectivity index (χ0) is 11.4. The van der Waals surface area contributed by atoms with Gasteiger partial charge in [-0.1, -0.05) is 18.2 Å². The molecule has 0 aliphatic carbocycles. The number of anilines is 2. The van der Waals surface area contributed by atoms with Crippen molar-refractivity contribution in [2.24, 2.45) is 0 Å².